The number of hydrogen-bond donors (Lipinski definition) is 1. The van der Waals surface area contributed by atoms with Crippen LogP contribution in [-0.2, 0) is 17.6 Å². The van der Waals surface area contributed by atoms with Crippen LogP contribution >= 0.6 is 0 Å². The molecule has 0 amide bonds. The zero-order chi connectivity index (χ0) is 23.5. The monoisotopic (exact) mass is 461 g/mol. The quantitative estimate of drug-likeness (QED) is 0.540. The van der Waals surface area contributed by atoms with Crippen LogP contribution in [0, 0.1) is 0 Å². The molecule has 3 heterocycles. The lowest BCUT2D eigenvalue weighted by Gasteiger charge is -2.26. The van der Waals surface area contributed by atoms with Gasteiger partial charge in [-0.1, -0.05) is 12.5 Å². The number of aromatic nitrogens is 3. The van der Waals surface area contributed by atoms with Gasteiger partial charge in [0.05, 0.1) is 12.0 Å². The van der Waals surface area contributed by atoms with Gasteiger partial charge in [-0.15, -0.1) is 0 Å². The molecular formula is C26H31N5O3. The van der Waals surface area contributed by atoms with E-state index in [0.29, 0.717) is 17.0 Å². The van der Waals surface area contributed by atoms with E-state index < -0.39 is 11.4 Å². The number of fused-ring (bicyclic) bond motifs is 2. The number of likely N-dealkylation sites (tertiary alicyclic amines) is 1. The fourth-order valence-electron chi connectivity index (χ4n) is 4.96. The van der Waals surface area contributed by atoms with E-state index in [1.54, 1.807) is 13.1 Å². The summed E-state index contributed by atoms with van der Waals surface area (Å²) >= 11 is 0. The number of pyridine rings is 1. The fraction of sp³-hybridized carbons (Fsp3) is 0.462. The van der Waals surface area contributed by atoms with Crippen molar-refractivity contribution in [3.8, 4) is 5.69 Å². The normalized spacial score (nSPS) is 15.9. The van der Waals surface area contributed by atoms with Gasteiger partial charge in [-0.3, -0.25) is 4.79 Å². The average molecular weight is 462 g/mol. The number of piperidine rings is 1. The van der Waals surface area contributed by atoms with Gasteiger partial charge in [0, 0.05) is 31.2 Å². The third-order valence-electron chi connectivity index (χ3n) is 6.76. The lowest BCUT2D eigenvalue weighted by atomic mass is 10.1. The van der Waals surface area contributed by atoms with Crippen LogP contribution in [0.15, 0.2) is 35.4 Å². The SMILES string of the molecule is CCOC(=O)c1cn(-c2ccc3c(c2)CCC3)c2nc(NCCN3CCCCC3)ncc2c1=O. The van der Waals surface area contributed by atoms with Crippen LogP contribution in [0.5, 0.6) is 0 Å². The van der Waals surface area contributed by atoms with Gasteiger partial charge < -0.3 is 19.5 Å². The molecule has 2 aliphatic rings. The van der Waals surface area contributed by atoms with Crippen molar-refractivity contribution in [3.63, 3.8) is 0 Å². The molecule has 0 saturated carbocycles. The van der Waals surface area contributed by atoms with Crippen LogP contribution in [0.3, 0.4) is 0 Å². The summed E-state index contributed by atoms with van der Waals surface area (Å²) in [5.41, 5.74) is 3.58. The third-order valence-corrected chi connectivity index (χ3v) is 6.76. The number of rotatable bonds is 7. The van der Waals surface area contributed by atoms with Gasteiger partial charge in [0.25, 0.3) is 0 Å². The summed E-state index contributed by atoms with van der Waals surface area (Å²) in [6.45, 7) is 5.86. The standard InChI is InChI=1S/C26H31N5O3/c1-2-34-25(33)22-17-31(20-10-9-18-7-6-8-19(18)15-20)24-21(23(22)32)16-28-26(29-24)27-11-14-30-12-4-3-5-13-30/h9-10,15-17H,2-8,11-14H2,1H3,(H,27,28,29). The van der Waals surface area contributed by atoms with Crippen LogP contribution in [0.4, 0.5) is 5.95 Å². The Labute approximate surface area is 199 Å². The highest BCUT2D eigenvalue weighted by Crippen LogP contribution is 2.26. The predicted molar refractivity (Wildman–Crippen MR) is 132 cm³/mol. The predicted octanol–water partition coefficient (Wildman–Crippen LogP) is 3.34. The Morgan fingerprint density at radius 3 is 2.76 bits per heavy atom. The first-order valence-electron chi connectivity index (χ1n) is 12.3. The van der Waals surface area contributed by atoms with Gasteiger partial charge in [0.15, 0.2) is 5.65 Å². The summed E-state index contributed by atoms with van der Waals surface area (Å²) in [6.07, 6.45) is 10.2. The Bertz CT molecular complexity index is 1260. The summed E-state index contributed by atoms with van der Waals surface area (Å²) in [7, 11) is 0. The molecule has 1 saturated heterocycles. The van der Waals surface area contributed by atoms with Gasteiger partial charge >= 0.3 is 5.97 Å². The molecule has 1 aromatic carbocycles. The smallest absolute Gasteiger partial charge is 0.343 e. The Morgan fingerprint density at radius 2 is 1.94 bits per heavy atom. The number of carbonyl (C=O) groups excluding carboxylic acids is 1. The van der Waals surface area contributed by atoms with E-state index in [-0.39, 0.29) is 12.2 Å². The second kappa shape index (κ2) is 9.93. The molecule has 178 valence electrons. The second-order valence-corrected chi connectivity index (χ2v) is 9.03. The van der Waals surface area contributed by atoms with Crippen molar-refractivity contribution in [3.05, 3.63) is 57.5 Å². The van der Waals surface area contributed by atoms with E-state index in [0.717, 1.165) is 51.1 Å². The lowest BCUT2D eigenvalue weighted by molar-refractivity contribution is 0.0524. The summed E-state index contributed by atoms with van der Waals surface area (Å²) < 4.78 is 6.97. The summed E-state index contributed by atoms with van der Waals surface area (Å²) in [6, 6.07) is 6.28. The number of benzene rings is 1. The Kier molecular flexibility index (Phi) is 6.58. The zero-order valence-electron chi connectivity index (χ0n) is 19.7. The Balaban J connectivity index is 1.52. The van der Waals surface area contributed by atoms with Crippen molar-refractivity contribution in [1.82, 2.24) is 19.4 Å². The largest absolute Gasteiger partial charge is 0.462 e. The van der Waals surface area contributed by atoms with Crippen LogP contribution < -0.4 is 10.7 Å². The first-order chi connectivity index (χ1) is 16.6. The molecule has 0 bridgehead atoms. The number of carbonyl (C=O) groups is 1. The van der Waals surface area contributed by atoms with E-state index in [9.17, 15) is 9.59 Å². The topological polar surface area (TPSA) is 89.3 Å². The molecule has 5 rings (SSSR count). The molecule has 3 aromatic rings. The summed E-state index contributed by atoms with van der Waals surface area (Å²) in [5.74, 6) is -0.157. The lowest BCUT2D eigenvalue weighted by Crippen LogP contribution is -2.33. The molecule has 1 aliphatic carbocycles. The number of nitrogens with one attached hydrogen (secondary N) is 1. The maximum absolute atomic E-state index is 13.1. The van der Waals surface area contributed by atoms with Gasteiger partial charge in [-0.2, -0.15) is 4.98 Å². The number of anilines is 1. The van der Waals surface area contributed by atoms with Crippen molar-refractivity contribution in [2.75, 3.05) is 38.1 Å². The highest BCUT2D eigenvalue weighted by atomic mass is 16.5. The number of aryl methyl sites for hydroxylation is 2. The number of hydrogen-bond acceptors (Lipinski definition) is 7. The van der Waals surface area contributed by atoms with E-state index in [4.69, 9.17) is 9.72 Å². The van der Waals surface area contributed by atoms with Crippen molar-refractivity contribution >= 4 is 23.0 Å². The van der Waals surface area contributed by atoms with E-state index in [2.05, 4.69) is 27.3 Å². The molecule has 0 spiro atoms. The summed E-state index contributed by atoms with van der Waals surface area (Å²) in [5, 5.41) is 3.61. The second-order valence-electron chi connectivity index (χ2n) is 9.03. The minimum Gasteiger partial charge on any atom is -0.462 e. The number of ether oxygens (including phenoxy) is 1. The van der Waals surface area contributed by atoms with Crippen molar-refractivity contribution in [2.24, 2.45) is 0 Å². The number of nitrogens with zero attached hydrogens (tertiary/aromatic N) is 4. The molecule has 34 heavy (non-hydrogen) atoms. The van der Waals surface area contributed by atoms with Gasteiger partial charge in [-0.25, -0.2) is 9.78 Å². The van der Waals surface area contributed by atoms with Crippen LogP contribution in [0.25, 0.3) is 16.7 Å². The number of esters is 1. The van der Waals surface area contributed by atoms with E-state index in [1.165, 1.54) is 36.6 Å². The Hall–Kier alpha value is -3.26. The Morgan fingerprint density at radius 1 is 1.12 bits per heavy atom. The van der Waals surface area contributed by atoms with E-state index >= 15 is 0 Å². The van der Waals surface area contributed by atoms with E-state index in [1.807, 2.05) is 10.6 Å². The van der Waals surface area contributed by atoms with Crippen molar-refractivity contribution in [1.29, 1.82) is 0 Å². The highest BCUT2D eigenvalue weighted by Gasteiger charge is 2.20. The molecule has 2 aromatic heterocycles. The summed E-state index contributed by atoms with van der Waals surface area (Å²) in [4.78, 5) is 37.2. The van der Waals surface area contributed by atoms with Gasteiger partial charge in [-0.05, 0) is 75.4 Å². The van der Waals surface area contributed by atoms with Crippen molar-refractivity contribution < 1.29 is 9.53 Å². The fourth-order valence-corrected chi connectivity index (χ4v) is 4.96. The van der Waals surface area contributed by atoms with Crippen LogP contribution in [0.2, 0.25) is 0 Å². The van der Waals surface area contributed by atoms with Crippen molar-refractivity contribution in [2.45, 2.75) is 45.4 Å². The molecule has 1 aliphatic heterocycles. The minimum absolute atomic E-state index is 0.00995. The van der Waals surface area contributed by atoms with Crippen LogP contribution in [-0.4, -0.2) is 58.2 Å². The van der Waals surface area contributed by atoms with Gasteiger partial charge in [0.2, 0.25) is 11.4 Å². The molecule has 0 radical (unpaired) electrons. The molecular weight excluding hydrogens is 430 g/mol. The molecule has 0 atom stereocenters. The third kappa shape index (κ3) is 4.55. The molecule has 8 nitrogen and oxygen atoms in total. The van der Waals surface area contributed by atoms with Crippen LogP contribution in [0.1, 0.15) is 54.1 Å². The minimum atomic E-state index is -0.631. The molecule has 1 fully saturated rings. The zero-order valence-corrected chi connectivity index (χ0v) is 19.7. The maximum atomic E-state index is 13.1. The van der Waals surface area contributed by atoms with Gasteiger partial charge in [0.1, 0.15) is 5.56 Å². The molecule has 0 unspecified atom stereocenters. The maximum Gasteiger partial charge on any atom is 0.343 e. The first kappa shape index (κ1) is 22.5. The first-order valence-corrected chi connectivity index (χ1v) is 12.3. The molecule has 1 N–H and O–H groups in total. The highest BCUT2D eigenvalue weighted by molar-refractivity contribution is 5.93. The molecule has 8 heteroatoms. The average Bonchev–Trinajstić information content (AvgIpc) is 3.33.